The maximum Gasteiger partial charge on any atom is 0.415 e. The lowest BCUT2D eigenvalue weighted by Gasteiger charge is -2.31. The Labute approximate surface area is 207 Å². The molecule has 3 rings (SSSR count). The van der Waals surface area contributed by atoms with Crippen molar-refractivity contribution in [1.29, 1.82) is 5.26 Å². The topological polar surface area (TPSA) is 77.8 Å². The van der Waals surface area contributed by atoms with Gasteiger partial charge in [-0.1, -0.05) is 24.9 Å². The van der Waals surface area contributed by atoms with E-state index in [1.54, 1.807) is 23.1 Å². The van der Waals surface area contributed by atoms with Gasteiger partial charge in [0.05, 0.1) is 17.1 Å². The zero-order valence-electron chi connectivity index (χ0n) is 20.1. The van der Waals surface area contributed by atoms with Gasteiger partial charge in [0.25, 0.3) is 0 Å². The molecule has 0 aliphatic carbocycles. The number of amides is 1. The van der Waals surface area contributed by atoms with Gasteiger partial charge in [-0.25, -0.2) is 4.79 Å². The van der Waals surface area contributed by atoms with E-state index < -0.39 is 6.09 Å². The number of nitrogens with one attached hydrogen (secondary N) is 1. The van der Waals surface area contributed by atoms with Crippen molar-refractivity contribution in [3.63, 3.8) is 0 Å². The van der Waals surface area contributed by atoms with Gasteiger partial charge in [0.15, 0.2) is 0 Å². The predicted molar refractivity (Wildman–Crippen MR) is 135 cm³/mol. The Bertz CT molecular complexity index is 987. The highest BCUT2D eigenvalue weighted by Gasteiger charge is 2.25. The smallest absolute Gasteiger partial charge is 0.415 e. The number of benzene rings is 2. The molecule has 1 fully saturated rings. The van der Waals surface area contributed by atoms with Gasteiger partial charge in [-0.15, -0.1) is 0 Å². The summed E-state index contributed by atoms with van der Waals surface area (Å²) in [4.78, 5) is 17.1. The van der Waals surface area contributed by atoms with Crippen LogP contribution < -0.4 is 19.7 Å². The summed E-state index contributed by atoms with van der Waals surface area (Å²) in [7, 11) is 0. The summed E-state index contributed by atoms with van der Waals surface area (Å²) < 4.78 is 11.7. The number of carbonyl (C=O) groups is 1. The molecule has 0 spiro atoms. The van der Waals surface area contributed by atoms with Gasteiger partial charge in [-0.05, 0) is 56.7 Å². The second-order valence-electron chi connectivity index (χ2n) is 8.57. The molecule has 2 unspecified atom stereocenters. The largest absolute Gasteiger partial charge is 0.489 e. The van der Waals surface area contributed by atoms with Crippen LogP contribution in [-0.2, 0) is 0 Å². The summed E-state index contributed by atoms with van der Waals surface area (Å²) in [6.07, 6.45) is 1.10. The molecule has 8 heteroatoms. The van der Waals surface area contributed by atoms with E-state index in [1.807, 2.05) is 44.2 Å². The summed E-state index contributed by atoms with van der Waals surface area (Å²) in [5, 5.41) is 12.7. The minimum atomic E-state index is -0.399. The van der Waals surface area contributed by atoms with Crippen LogP contribution in [-0.4, -0.2) is 55.9 Å². The van der Waals surface area contributed by atoms with Crippen molar-refractivity contribution in [3.8, 4) is 17.6 Å². The van der Waals surface area contributed by atoms with Gasteiger partial charge in [0.2, 0.25) is 0 Å². The Hall–Kier alpha value is -2.95. The zero-order chi connectivity index (χ0) is 24.5. The van der Waals surface area contributed by atoms with Crippen molar-refractivity contribution in [2.45, 2.75) is 45.8 Å². The first-order chi connectivity index (χ1) is 16.4. The normalized spacial score (nSPS) is 15.2. The summed E-state index contributed by atoms with van der Waals surface area (Å²) in [6, 6.07) is 14.7. The number of nitriles is 1. The molecule has 1 saturated heterocycles. The lowest BCUT2D eigenvalue weighted by Crippen LogP contribution is -2.45. The lowest BCUT2D eigenvalue weighted by molar-refractivity contribution is 0.0986. The van der Waals surface area contributed by atoms with Crippen molar-refractivity contribution in [2.75, 3.05) is 37.6 Å². The number of anilines is 1. The second-order valence-corrected chi connectivity index (χ2v) is 8.98. The molecule has 2 atom stereocenters. The first-order valence-corrected chi connectivity index (χ1v) is 12.2. The van der Waals surface area contributed by atoms with Crippen LogP contribution >= 0.6 is 11.6 Å². The van der Waals surface area contributed by atoms with Gasteiger partial charge >= 0.3 is 6.09 Å². The maximum absolute atomic E-state index is 13.1. The molecule has 0 radical (unpaired) electrons. The lowest BCUT2D eigenvalue weighted by atomic mass is 10.1. The minimum absolute atomic E-state index is 0.00627. The molecule has 0 saturated carbocycles. The minimum Gasteiger partial charge on any atom is -0.489 e. The van der Waals surface area contributed by atoms with Crippen LogP contribution in [0.25, 0.3) is 0 Å². The van der Waals surface area contributed by atoms with E-state index in [0.29, 0.717) is 28.6 Å². The fourth-order valence-electron chi connectivity index (χ4n) is 4.02. The molecule has 7 nitrogen and oxygen atoms in total. The Kier molecular flexibility index (Phi) is 9.43. The highest BCUT2D eigenvalue weighted by Crippen LogP contribution is 2.24. The molecule has 0 bridgehead atoms. The molecule has 0 aromatic heterocycles. The summed E-state index contributed by atoms with van der Waals surface area (Å²) >= 11 is 6.12. The molecule has 182 valence electrons. The number of halogens is 1. The van der Waals surface area contributed by atoms with E-state index in [2.05, 4.69) is 17.1 Å². The van der Waals surface area contributed by atoms with Crippen molar-refractivity contribution in [2.24, 2.45) is 0 Å². The molecule has 1 amide bonds. The fraction of sp³-hybridized carbons (Fsp3) is 0.462. The van der Waals surface area contributed by atoms with Crippen molar-refractivity contribution in [3.05, 3.63) is 53.1 Å². The average molecular weight is 485 g/mol. The summed E-state index contributed by atoms with van der Waals surface area (Å²) in [5.74, 6) is 1.07. The van der Waals surface area contributed by atoms with E-state index in [1.165, 1.54) is 0 Å². The average Bonchev–Trinajstić information content (AvgIpc) is 2.84. The number of ether oxygens (including phenoxy) is 2. The first-order valence-electron chi connectivity index (χ1n) is 11.8. The van der Waals surface area contributed by atoms with E-state index in [0.717, 1.165) is 44.7 Å². The number of hydrogen-bond acceptors (Lipinski definition) is 6. The first kappa shape index (κ1) is 25.7. The molecule has 1 aliphatic heterocycles. The van der Waals surface area contributed by atoms with Gasteiger partial charge < -0.3 is 24.6 Å². The van der Waals surface area contributed by atoms with Gasteiger partial charge in [-0.2, -0.15) is 5.26 Å². The van der Waals surface area contributed by atoms with Crippen LogP contribution in [0.1, 0.15) is 39.2 Å². The van der Waals surface area contributed by atoms with Gasteiger partial charge in [0.1, 0.15) is 23.7 Å². The van der Waals surface area contributed by atoms with E-state index >= 15 is 0 Å². The predicted octanol–water partition coefficient (Wildman–Crippen LogP) is 5.08. The molecule has 34 heavy (non-hydrogen) atoms. The molecule has 1 aliphatic rings. The van der Waals surface area contributed by atoms with E-state index in [-0.39, 0.29) is 12.1 Å². The van der Waals surface area contributed by atoms with Crippen LogP contribution in [0.5, 0.6) is 11.5 Å². The van der Waals surface area contributed by atoms with Crippen LogP contribution in [0.15, 0.2) is 42.5 Å². The third kappa shape index (κ3) is 7.02. The van der Waals surface area contributed by atoms with E-state index in [4.69, 9.17) is 26.3 Å². The SMILES string of the molecule is CCCC(C)N(CC(C)Oc1ccc(C#N)c(Cl)c1)C(=O)Oc1ccc(N2CCNCC2)cc1. The standard InChI is InChI=1S/C26H33ClN4O3/c1-4-5-19(2)31(18-20(3)33-24-9-6-21(17-28)25(27)16-24)26(32)34-23-10-7-22(8-11-23)30-14-12-29-13-15-30/h6-11,16,19-20,29H,4-5,12-15,18H2,1-3H3. The highest BCUT2D eigenvalue weighted by atomic mass is 35.5. The van der Waals surface area contributed by atoms with Crippen LogP contribution in [0, 0.1) is 11.3 Å². The molecule has 2 aromatic carbocycles. The second kappa shape index (κ2) is 12.5. The summed E-state index contributed by atoms with van der Waals surface area (Å²) in [6.45, 7) is 10.2. The van der Waals surface area contributed by atoms with Crippen molar-refractivity contribution in [1.82, 2.24) is 10.2 Å². The maximum atomic E-state index is 13.1. The monoisotopic (exact) mass is 484 g/mol. The number of hydrogen-bond donors (Lipinski definition) is 1. The number of nitrogens with zero attached hydrogens (tertiary/aromatic N) is 3. The Morgan fingerprint density at radius 3 is 2.47 bits per heavy atom. The molecule has 2 aromatic rings. The fourth-order valence-corrected chi connectivity index (χ4v) is 4.23. The van der Waals surface area contributed by atoms with Crippen LogP contribution in [0.4, 0.5) is 10.5 Å². The van der Waals surface area contributed by atoms with Crippen molar-refractivity contribution >= 4 is 23.4 Å². The highest BCUT2D eigenvalue weighted by molar-refractivity contribution is 6.31. The van der Waals surface area contributed by atoms with Crippen molar-refractivity contribution < 1.29 is 14.3 Å². The summed E-state index contributed by atoms with van der Waals surface area (Å²) in [5.41, 5.74) is 1.52. The third-order valence-corrected chi connectivity index (χ3v) is 6.16. The zero-order valence-corrected chi connectivity index (χ0v) is 20.8. The molecule has 1 N–H and O–H groups in total. The molecular weight excluding hydrogens is 452 g/mol. The quantitative estimate of drug-likeness (QED) is 0.535. The van der Waals surface area contributed by atoms with Crippen LogP contribution in [0.3, 0.4) is 0 Å². The van der Waals surface area contributed by atoms with E-state index in [9.17, 15) is 4.79 Å². The van der Waals surface area contributed by atoms with Crippen LogP contribution in [0.2, 0.25) is 5.02 Å². The number of piperazine rings is 1. The molecule has 1 heterocycles. The Morgan fingerprint density at radius 1 is 1.18 bits per heavy atom. The Morgan fingerprint density at radius 2 is 1.85 bits per heavy atom. The number of carbonyl (C=O) groups excluding carboxylic acids is 1. The number of rotatable bonds is 9. The van der Waals surface area contributed by atoms with Gasteiger partial charge in [0, 0.05) is 44.0 Å². The third-order valence-electron chi connectivity index (χ3n) is 5.85. The Balaban J connectivity index is 1.64. The molecular formula is C26H33ClN4O3. The van der Waals surface area contributed by atoms with Gasteiger partial charge in [-0.3, -0.25) is 0 Å².